The van der Waals surface area contributed by atoms with Crippen LogP contribution < -0.4 is 5.19 Å². The summed E-state index contributed by atoms with van der Waals surface area (Å²) in [7, 11) is 1.02. The molecule has 88 valence electrons. The van der Waals surface area contributed by atoms with Crippen LogP contribution in [0.2, 0.25) is 0 Å². The highest BCUT2D eigenvalue weighted by molar-refractivity contribution is 7.89. The Morgan fingerprint density at radius 2 is 1.53 bits per heavy atom. The third-order valence-corrected chi connectivity index (χ3v) is 5.01. The summed E-state index contributed by atoms with van der Waals surface area (Å²) in [6, 6.07) is 18.3. The number of hydrogen-bond acceptors (Lipinski definition) is 1. The lowest BCUT2D eigenvalue weighted by Gasteiger charge is -2.12. The zero-order chi connectivity index (χ0) is 12.1. The first kappa shape index (κ1) is 12.4. The fraction of sp³-hybridized carbons (Fsp3) is 0.143. The van der Waals surface area contributed by atoms with Gasteiger partial charge in [-0.1, -0.05) is 59.8 Å². The van der Waals surface area contributed by atoms with E-state index in [2.05, 4.69) is 12.1 Å². The maximum absolute atomic E-state index is 12.1. The van der Waals surface area contributed by atoms with Gasteiger partial charge in [0.05, 0.1) is 0 Å². The summed E-state index contributed by atoms with van der Waals surface area (Å²) in [5.74, 6) is 1.32. The molecule has 0 bridgehead atoms. The molecule has 2 rings (SSSR count). The summed E-state index contributed by atoms with van der Waals surface area (Å²) in [5, 5.41) is 1.36. The number of rotatable bonds is 4. The topological polar surface area (TPSA) is 23.1 Å². The van der Waals surface area contributed by atoms with Crippen molar-refractivity contribution in [2.24, 2.45) is 0 Å². The molecule has 3 heteroatoms. The number of benzene rings is 2. The minimum Gasteiger partial charge on any atom is -0.616 e. The third kappa shape index (κ3) is 3.73. The van der Waals surface area contributed by atoms with E-state index in [0.717, 1.165) is 15.8 Å². The monoisotopic (exact) mass is 260 g/mol. The highest BCUT2D eigenvalue weighted by Crippen LogP contribution is 2.10. The van der Waals surface area contributed by atoms with Gasteiger partial charge in [0, 0.05) is 15.8 Å². The third-order valence-electron chi connectivity index (χ3n) is 2.75. The first-order chi connectivity index (χ1) is 8.25. The van der Waals surface area contributed by atoms with E-state index in [9.17, 15) is 4.55 Å². The maximum Gasteiger partial charge on any atom is 0.131 e. The fourth-order valence-corrected chi connectivity index (χ4v) is 3.89. The normalized spacial score (nSPS) is 12.5. The van der Waals surface area contributed by atoms with Crippen molar-refractivity contribution in [3.63, 3.8) is 0 Å². The summed E-state index contributed by atoms with van der Waals surface area (Å²) >= 11 is -0.810. The Labute approximate surface area is 108 Å². The van der Waals surface area contributed by atoms with E-state index in [1.165, 1.54) is 10.8 Å². The van der Waals surface area contributed by atoms with Crippen LogP contribution in [0.1, 0.15) is 11.1 Å². The van der Waals surface area contributed by atoms with Crippen LogP contribution in [-0.4, -0.2) is 14.8 Å². The van der Waals surface area contributed by atoms with Gasteiger partial charge in [0.15, 0.2) is 0 Å². The maximum atomic E-state index is 12.1. The molecular weight excluding hydrogens is 244 g/mol. The lowest BCUT2D eigenvalue weighted by molar-refractivity contribution is 0.593. The summed E-state index contributed by atoms with van der Waals surface area (Å²) in [6.45, 7) is 0. The van der Waals surface area contributed by atoms with E-state index in [1.807, 2.05) is 42.5 Å². The Hall–Kier alpha value is -1.03. The molecule has 1 unspecified atom stereocenters. The highest BCUT2D eigenvalue weighted by atomic mass is 32.2. The van der Waals surface area contributed by atoms with E-state index < -0.39 is 11.2 Å². The summed E-state index contributed by atoms with van der Waals surface area (Å²) in [4.78, 5) is 0. The second kappa shape index (κ2) is 6.05. The average Bonchev–Trinajstić information content (AvgIpc) is 2.33. The molecular formula is C14H16OSSi. The molecule has 0 aliphatic heterocycles. The van der Waals surface area contributed by atoms with Crippen LogP contribution in [-0.2, 0) is 22.7 Å². The Morgan fingerprint density at radius 3 is 2.24 bits per heavy atom. The van der Waals surface area contributed by atoms with Gasteiger partial charge in [0.25, 0.3) is 0 Å². The molecule has 0 fully saturated rings. The van der Waals surface area contributed by atoms with Gasteiger partial charge in [-0.3, -0.25) is 0 Å². The summed E-state index contributed by atoms with van der Waals surface area (Å²) in [6.07, 6.45) is 0. The van der Waals surface area contributed by atoms with Crippen molar-refractivity contribution >= 4 is 26.6 Å². The Bertz CT molecular complexity index is 473. The minimum atomic E-state index is -0.810. The molecule has 0 aromatic heterocycles. The van der Waals surface area contributed by atoms with Gasteiger partial charge in [-0.25, -0.2) is 0 Å². The van der Waals surface area contributed by atoms with E-state index in [0.29, 0.717) is 11.5 Å². The van der Waals surface area contributed by atoms with Crippen LogP contribution in [0.5, 0.6) is 0 Å². The quantitative estimate of drug-likeness (QED) is 0.597. The van der Waals surface area contributed by atoms with Crippen molar-refractivity contribution in [1.82, 2.24) is 0 Å². The smallest absolute Gasteiger partial charge is 0.131 e. The van der Waals surface area contributed by atoms with Crippen LogP contribution in [0.3, 0.4) is 0 Å². The standard InChI is InChI=1S/C14H16OSSi/c15-16(10-12-6-2-1-3-7-12)11-13-8-4-5-9-14(13)17/h1-9H,10-11H2,17H3. The van der Waals surface area contributed by atoms with Crippen LogP contribution in [0, 0.1) is 0 Å². The minimum absolute atomic E-state index is 0.650. The van der Waals surface area contributed by atoms with Gasteiger partial charge in [0.1, 0.15) is 11.5 Å². The predicted molar refractivity (Wildman–Crippen MR) is 78.0 cm³/mol. The zero-order valence-electron chi connectivity index (χ0n) is 9.93. The molecule has 0 aliphatic rings. The second-order valence-corrected chi connectivity index (χ2v) is 6.67. The second-order valence-electron chi connectivity index (χ2n) is 4.14. The van der Waals surface area contributed by atoms with Crippen LogP contribution in [0.25, 0.3) is 0 Å². The van der Waals surface area contributed by atoms with Gasteiger partial charge >= 0.3 is 0 Å². The largest absolute Gasteiger partial charge is 0.616 e. The van der Waals surface area contributed by atoms with Crippen LogP contribution in [0.4, 0.5) is 0 Å². The summed E-state index contributed by atoms with van der Waals surface area (Å²) in [5.41, 5.74) is 2.39. The molecule has 0 saturated heterocycles. The van der Waals surface area contributed by atoms with Crippen molar-refractivity contribution < 1.29 is 4.55 Å². The first-order valence-electron chi connectivity index (χ1n) is 5.69. The van der Waals surface area contributed by atoms with Crippen molar-refractivity contribution in [3.8, 4) is 0 Å². The number of hydrogen-bond donors (Lipinski definition) is 0. The lowest BCUT2D eigenvalue weighted by atomic mass is 10.2. The average molecular weight is 260 g/mol. The molecule has 0 aliphatic carbocycles. The van der Waals surface area contributed by atoms with E-state index in [4.69, 9.17) is 0 Å². The van der Waals surface area contributed by atoms with Crippen LogP contribution >= 0.6 is 0 Å². The van der Waals surface area contributed by atoms with Crippen molar-refractivity contribution in [2.75, 3.05) is 0 Å². The molecule has 0 amide bonds. The molecule has 17 heavy (non-hydrogen) atoms. The SMILES string of the molecule is [O-][S+](Cc1ccccc1)Cc1ccccc1[SiH3]. The van der Waals surface area contributed by atoms with Gasteiger partial charge in [-0.15, -0.1) is 0 Å². The molecule has 1 nitrogen and oxygen atoms in total. The Kier molecular flexibility index (Phi) is 4.42. The Balaban J connectivity index is 1.98. The van der Waals surface area contributed by atoms with Gasteiger partial charge < -0.3 is 4.55 Å². The van der Waals surface area contributed by atoms with Gasteiger partial charge in [0.2, 0.25) is 0 Å². The van der Waals surface area contributed by atoms with Crippen molar-refractivity contribution in [1.29, 1.82) is 0 Å². The zero-order valence-corrected chi connectivity index (χ0v) is 12.7. The van der Waals surface area contributed by atoms with Crippen LogP contribution in [0.15, 0.2) is 54.6 Å². The summed E-state index contributed by atoms with van der Waals surface area (Å²) < 4.78 is 12.1. The molecule has 0 saturated carbocycles. The van der Waals surface area contributed by atoms with E-state index in [-0.39, 0.29) is 0 Å². The Morgan fingerprint density at radius 1 is 0.882 bits per heavy atom. The molecule has 0 N–H and O–H groups in total. The fourth-order valence-electron chi connectivity index (χ4n) is 1.76. The predicted octanol–water partition coefficient (Wildman–Crippen LogP) is 1.13. The highest BCUT2D eigenvalue weighted by Gasteiger charge is 2.10. The molecule has 0 spiro atoms. The van der Waals surface area contributed by atoms with Gasteiger partial charge in [-0.2, -0.15) is 0 Å². The molecule has 2 aromatic rings. The molecule has 0 heterocycles. The van der Waals surface area contributed by atoms with E-state index >= 15 is 0 Å². The molecule has 2 aromatic carbocycles. The first-order valence-corrected chi connectivity index (χ1v) is 8.18. The van der Waals surface area contributed by atoms with Crippen molar-refractivity contribution in [3.05, 3.63) is 65.7 Å². The van der Waals surface area contributed by atoms with Crippen molar-refractivity contribution in [2.45, 2.75) is 11.5 Å². The lowest BCUT2D eigenvalue weighted by Crippen LogP contribution is -2.15. The molecule has 0 radical (unpaired) electrons. The van der Waals surface area contributed by atoms with E-state index in [1.54, 1.807) is 0 Å². The molecule has 1 atom stereocenters. The van der Waals surface area contributed by atoms with Gasteiger partial charge in [-0.05, 0) is 16.7 Å².